The van der Waals surface area contributed by atoms with E-state index in [2.05, 4.69) is 56.7 Å². The zero-order chi connectivity index (χ0) is 18.8. The Hall–Kier alpha value is -2.15. The number of nitrogens with two attached hydrogens (primary N) is 1. The summed E-state index contributed by atoms with van der Waals surface area (Å²) >= 11 is 11.2. The first kappa shape index (κ1) is 18.2. The quantitative estimate of drug-likeness (QED) is 0.460. The van der Waals surface area contributed by atoms with E-state index in [4.69, 9.17) is 29.6 Å². The van der Waals surface area contributed by atoms with Crippen molar-refractivity contribution in [2.24, 2.45) is 10.8 Å². The van der Waals surface area contributed by atoms with Crippen LogP contribution in [-0.2, 0) is 6.54 Å². The molecule has 2 aromatic rings. The van der Waals surface area contributed by atoms with E-state index in [1.165, 1.54) is 17.7 Å². The molecule has 4 rings (SSSR count). The fourth-order valence-corrected chi connectivity index (χ4v) is 4.32. The first-order valence-electron chi connectivity index (χ1n) is 9.03. The summed E-state index contributed by atoms with van der Waals surface area (Å²) in [5.41, 5.74) is 11.3. The lowest BCUT2D eigenvalue weighted by atomic mass is 10.1. The summed E-state index contributed by atoms with van der Waals surface area (Å²) in [5.74, 6) is 0. The summed E-state index contributed by atoms with van der Waals surface area (Å²) in [6.45, 7) is 3.17. The number of thiocarbonyl (C=S) groups is 1. The molecule has 2 aromatic carbocycles. The second-order valence-corrected chi connectivity index (χ2v) is 7.90. The van der Waals surface area contributed by atoms with E-state index in [0.717, 1.165) is 25.2 Å². The number of piperazine rings is 1. The van der Waals surface area contributed by atoms with Crippen LogP contribution in [0, 0.1) is 0 Å². The van der Waals surface area contributed by atoms with Crippen LogP contribution in [0.25, 0.3) is 0 Å². The van der Waals surface area contributed by atoms with Gasteiger partial charge in [-0.15, -0.1) is 0 Å². The van der Waals surface area contributed by atoms with Crippen molar-refractivity contribution in [2.75, 3.05) is 18.0 Å². The van der Waals surface area contributed by atoms with Gasteiger partial charge < -0.3 is 10.6 Å². The van der Waals surface area contributed by atoms with Crippen LogP contribution in [0.3, 0.4) is 0 Å². The normalized spacial score (nSPS) is 21.9. The Balaban J connectivity index is 1.41. The number of hydrogen-bond acceptors (Lipinski definition) is 4. The minimum absolute atomic E-state index is 0.132. The average molecular weight is 400 g/mol. The van der Waals surface area contributed by atoms with Crippen LogP contribution < -0.4 is 16.1 Å². The third kappa shape index (κ3) is 4.08. The number of halogens is 1. The van der Waals surface area contributed by atoms with Gasteiger partial charge in [-0.05, 0) is 42.4 Å². The van der Waals surface area contributed by atoms with Crippen LogP contribution in [-0.4, -0.2) is 41.4 Å². The summed E-state index contributed by atoms with van der Waals surface area (Å²) in [7, 11) is 0. The number of hydrazone groups is 1. The van der Waals surface area contributed by atoms with Crippen LogP contribution in [0.5, 0.6) is 0 Å². The standard InChI is InChI=1S/C20H22ClN5S/c21-19-9-16(7-6-15(19)10-23-24-20(22)27)26-13-17-8-18(26)12-25(17)11-14-4-2-1-3-5-14/h1-7,9-10,17-18H,8,11-13H2,(H3,22,24,27)/b23-10+/t17-,18-/m0/s1. The highest BCUT2D eigenvalue weighted by atomic mass is 35.5. The lowest BCUT2D eigenvalue weighted by Crippen LogP contribution is -2.46. The van der Waals surface area contributed by atoms with Crippen LogP contribution >= 0.6 is 23.8 Å². The van der Waals surface area contributed by atoms with Crippen molar-refractivity contribution in [1.82, 2.24) is 10.3 Å². The molecule has 5 nitrogen and oxygen atoms in total. The van der Waals surface area contributed by atoms with Crippen molar-refractivity contribution >= 4 is 40.8 Å². The zero-order valence-corrected chi connectivity index (χ0v) is 16.5. The molecule has 0 spiro atoms. The Morgan fingerprint density at radius 2 is 2.04 bits per heavy atom. The molecule has 0 aromatic heterocycles. The van der Waals surface area contributed by atoms with Crippen molar-refractivity contribution in [3.8, 4) is 0 Å². The van der Waals surface area contributed by atoms with Gasteiger partial charge in [-0.25, -0.2) is 0 Å². The van der Waals surface area contributed by atoms with E-state index in [-0.39, 0.29) is 5.11 Å². The summed E-state index contributed by atoms with van der Waals surface area (Å²) in [6, 6.07) is 18.0. The number of benzene rings is 2. The number of fused-ring (bicyclic) bond motifs is 2. The molecule has 140 valence electrons. The maximum atomic E-state index is 6.44. The van der Waals surface area contributed by atoms with E-state index in [1.54, 1.807) is 6.21 Å². The minimum atomic E-state index is 0.132. The highest BCUT2D eigenvalue weighted by Gasteiger charge is 2.43. The molecule has 2 fully saturated rings. The van der Waals surface area contributed by atoms with Gasteiger partial charge in [0.15, 0.2) is 5.11 Å². The Kier molecular flexibility index (Phi) is 5.29. The summed E-state index contributed by atoms with van der Waals surface area (Å²) in [6.07, 6.45) is 2.84. The first-order chi connectivity index (χ1) is 13.1. The van der Waals surface area contributed by atoms with E-state index in [1.807, 2.05) is 12.1 Å². The zero-order valence-electron chi connectivity index (χ0n) is 14.9. The monoisotopic (exact) mass is 399 g/mol. The second-order valence-electron chi connectivity index (χ2n) is 7.05. The number of rotatable bonds is 5. The van der Waals surface area contributed by atoms with Gasteiger partial charge in [-0.1, -0.05) is 41.9 Å². The topological polar surface area (TPSA) is 56.9 Å². The molecule has 27 heavy (non-hydrogen) atoms. The fourth-order valence-electron chi connectivity index (χ4n) is 4.04. The van der Waals surface area contributed by atoms with Gasteiger partial charge >= 0.3 is 0 Å². The molecule has 2 atom stereocenters. The maximum absolute atomic E-state index is 6.44. The van der Waals surface area contributed by atoms with Crippen LogP contribution in [0.4, 0.5) is 5.69 Å². The highest BCUT2D eigenvalue weighted by Crippen LogP contribution is 2.36. The van der Waals surface area contributed by atoms with E-state index in [0.29, 0.717) is 17.1 Å². The van der Waals surface area contributed by atoms with Gasteiger partial charge in [0.25, 0.3) is 0 Å². The first-order valence-corrected chi connectivity index (χ1v) is 9.81. The Morgan fingerprint density at radius 1 is 1.22 bits per heavy atom. The van der Waals surface area contributed by atoms with Crippen molar-refractivity contribution in [3.05, 3.63) is 64.7 Å². The van der Waals surface area contributed by atoms with E-state index >= 15 is 0 Å². The molecule has 2 heterocycles. The number of hydrogen-bond donors (Lipinski definition) is 2. The lowest BCUT2D eigenvalue weighted by Gasteiger charge is -2.35. The van der Waals surface area contributed by atoms with Gasteiger partial charge in [0.1, 0.15) is 0 Å². The van der Waals surface area contributed by atoms with Gasteiger partial charge in [0.05, 0.1) is 11.2 Å². The fraction of sp³-hybridized carbons (Fsp3) is 0.300. The van der Waals surface area contributed by atoms with Crippen molar-refractivity contribution < 1.29 is 0 Å². The Labute approximate surface area is 169 Å². The van der Waals surface area contributed by atoms with Crippen molar-refractivity contribution in [2.45, 2.75) is 25.0 Å². The smallest absolute Gasteiger partial charge is 0.184 e. The number of nitrogens with zero attached hydrogens (tertiary/aromatic N) is 3. The number of nitrogens with one attached hydrogen (secondary N) is 1. The molecule has 2 saturated heterocycles. The van der Waals surface area contributed by atoms with Gasteiger partial charge in [-0.3, -0.25) is 10.3 Å². The summed E-state index contributed by atoms with van der Waals surface area (Å²) < 4.78 is 0. The molecule has 2 aliphatic rings. The molecule has 0 amide bonds. The van der Waals surface area contributed by atoms with Crippen LogP contribution in [0.1, 0.15) is 17.5 Å². The molecule has 7 heteroatoms. The molecule has 0 unspecified atom stereocenters. The highest BCUT2D eigenvalue weighted by molar-refractivity contribution is 7.80. The molecule has 3 N–H and O–H groups in total. The number of likely N-dealkylation sites (tertiary alicyclic amines) is 1. The summed E-state index contributed by atoms with van der Waals surface area (Å²) in [5, 5.41) is 4.77. The molecular formula is C20H22ClN5S. The Bertz CT molecular complexity index is 857. The van der Waals surface area contributed by atoms with Gasteiger partial charge in [0.2, 0.25) is 0 Å². The predicted molar refractivity (Wildman–Crippen MR) is 115 cm³/mol. The lowest BCUT2D eigenvalue weighted by molar-refractivity contribution is 0.230. The predicted octanol–water partition coefficient (Wildman–Crippen LogP) is 2.97. The third-order valence-corrected chi connectivity index (χ3v) is 5.70. The van der Waals surface area contributed by atoms with Crippen molar-refractivity contribution in [1.29, 1.82) is 0 Å². The summed E-state index contributed by atoms with van der Waals surface area (Å²) in [4.78, 5) is 5.08. The van der Waals surface area contributed by atoms with Crippen molar-refractivity contribution in [3.63, 3.8) is 0 Å². The third-order valence-electron chi connectivity index (χ3n) is 5.28. The van der Waals surface area contributed by atoms with Gasteiger partial charge in [0, 0.05) is 43.0 Å². The molecule has 0 saturated carbocycles. The Morgan fingerprint density at radius 3 is 2.70 bits per heavy atom. The average Bonchev–Trinajstić information content (AvgIpc) is 3.24. The van der Waals surface area contributed by atoms with E-state index < -0.39 is 0 Å². The largest absolute Gasteiger partial charge is 0.375 e. The minimum Gasteiger partial charge on any atom is -0.375 e. The van der Waals surface area contributed by atoms with E-state index in [9.17, 15) is 0 Å². The van der Waals surface area contributed by atoms with Gasteiger partial charge in [-0.2, -0.15) is 5.10 Å². The molecule has 0 radical (unpaired) electrons. The number of anilines is 1. The molecular weight excluding hydrogens is 378 g/mol. The SMILES string of the molecule is NC(=S)N/N=C/c1ccc(N2C[C@@H]3C[C@H]2CN3Cc2ccccc2)cc1Cl. The van der Waals surface area contributed by atoms with Crippen LogP contribution in [0.2, 0.25) is 5.02 Å². The molecule has 2 bridgehead atoms. The maximum Gasteiger partial charge on any atom is 0.184 e. The molecule has 0 aliphatic carbocycles. The van der Waals surface area contributed by atoms with Crippen LogP contribution in [0.15, 0.2) is 53.6 Å². The molecule has 2 aliphatic heterocycles. The second kappa shape index (κ2) is 7.84.